The number of aliphatic hydroxyl groups is 2. The lowest BCUT2D eigenvalue weighted by Crippen LogP contribution is -2.53. The number of fused-ring (bicyclic) bond motifs is 1. The molecule has 1 saturated heterocycles. The first-order valence-corrected chi connectivity index (χ1v) is 15.3. The average Bonchev–Trinajstić information content (AvgIpc) is 3.43. The number of ether oxygens (including phenoxy) is 2. The van der Waals surface area contributed by atoms with Gasteiger partial charge in [0.15, 0.2) is 11.2 Å². The van der Waals surface area contributed by atoms with Gasteiger partial charge in [0.2, 0.25) is 5.95 Å². The van der Waals surface area contributed by atoms with Crippen LogP contribution in [0.25, 0.3) is 11.2 Å². The van der Waals surface area contributed by atoms with Crippen molar-refractivity contribution in [1.82, 2.24) is 24.6 Å². The summed E-state index contributed by atoms with van der Waals surface area (Å²) < 4.78 is 38.2. The number of aliphatic hydroxyl groups excluding tert-OH is 2. The standard InChI is InChI=1S/C28H33N6O9P/c1-16-22(35)23(36)20(42-26(16)34-15-30-21-24(34)31-28(29)32-25(21)37)14-41-44(39,43-19-11-7-4-8-12-19)33-17(2)27(38)40-13-18-9-5-3-6-10-18/h3-12,15-17,20,22-23,26,35-36H,13-14H2,1-2H3,(H,33,39)(H3,29,31,32,37)/t16?,17-,20+,22+,23-,26+,44?/m0/s1. The van der Waals surface area contributed by atoms with Crippen LogP contribution < -0.4 is 20.9 Å². The molecule has 1 aliphatic rings. The van der Waals surface area contributed by atoms with Crippen molar-refractivity contribution < 1.29 is 38.1 Å². The van der Waals surface area contributed by atoms with Gasteiger partial charge < -0.3 is 29.9 Å². The molecular weight excluding hydrogens is 595 g/mol. The van der Waals surface area contributed by atoms with Crippen molar-refractivity contribution in [3.8, 4) is 5.75 Å². The molecule has 1 fully saturated rings. The van der Waals surface area contributed by atoms with Crippen LogP contribution in [0.15, 0.2) is 71.8 Å². The van der Waals surface area contributed by atoms with E-state index in [9.17, 15) is 24.4 Å². The molecule has 0 amide bonds. The lowest BCUT2D eigenvalue weighted by molar-refractivity contribution is -0.225. The summed E-state index contributed by atoms with van der Waals surface area (Å²) in [5, 5.41) is 24.3. The minimum absolute atomic E-state index is 0.00140. The Hall–Kier alpha value is -4.11. The smallest absolute Gasteiger partial charge is 0.459 e. The molecule has 0 bridgehead atoms. The van der Waals surface area contributed by atoms with Crippen LogP contribution in [0, 0.1) is 5.92 Å². The van der Waals surface area contributed by atoms with Crippen LogP contribution >= 0.6 is 7.75 Å². The van der Waals surface area contributed by atoms with Crippen molar-refractivity contribution >= 4 is 30.8 Å². The van der Waals surface area contributed by atoms with E-state index in [1.54, 1.807) is 49.4 Å². The number of aromatic nitrogens is 4. The molecule has 0 aliphatic carbocycles. The van der Waals surface area contributed by atoms with Gasteiger partial charge in [0, 0.05) is 5.92 Å². The van der Waals surface area contributed by atoms with Crippen molar-refractivity contribution in [1.29, 1.82) is 0 Å². The second-order valence-corrected chi connectivity index (χ2v) is 12.0. The molecule has 44 heavy (non-hydrogen) atoms. The molecule has 4 aromatic rings. The summed E-state index contributed by atoms with van der Waals surface area (Å²) in [5.41, 5.74) is 6.04. The van der Waals surface area contributed by atoms with E-state index in [4.69, 9.17) is 24.3 Å². The summed E-state index contributed by atoms with van der Waals surface area (Å²) >= 11 is 0. The predicted molar refractivity (Wildman–Crippen MR) is 157 cm³/mol. The molecule has 0 saturated carbocycles. The highest BCUT2D eigenvalue weighted by Crippen LogP contribution is 2.46. The normalized spacial score (nSPS) is 24.0. The molecule has 7 atom stereocenters. The highest BCUT2D eigenvalue weighted by atomic mass is 31.2. The van der Waals surface area contributed by atoms with Gasteiger partial charge >= 0.3 is 13.7 Å². The van der Waals surface area contributed by atoms with Crippen LogP contribution in [-0.4, -0.2) is 66.7 Å². The Morgan fingerprint density at radius 3 is 2.55 bits per heavy atom. The van der Waals surface area contributed by atoms with Crippen LogP contribution in [0.2, 0.25) is 0 Å². The molecule has 6 N–H and O–H groups in total. The summed E-state index contributed by atoms with van der Waals surface area (Å²) in [4.78, 5) is 35.6. The molecule has 0 radical (unpaired) electrons. The first-order chi connectivity index (χ1) is 21.0. The number of rotatable bonds is 11. The van der Waals surface area contributed by atoms with E-state index in [1.165, 1.54) is 17.8 Å². The number of imidazole rings is 1. The number of carbonyl (C=O) groups excluding carboxylic acids is 1. The Balaban J connectivity index is 1.33. The molecule has 1 aliphatic heterocycles. The number of anilines is 1. The lowest BCUT2D eigenvalue weighted by Gasteiger charge is -2.42. The van der Waals surface area contributed by atoms with E-state index in [2.05, 4.69) is 20.0 Å². The van der Waals surface area contributed by atoms with Crippen LogP contribution in [0.3, 0.4) is 0 Å². The highest BCUT2D eigenvalue weighted by Gasteiger charge is 2.45. The summed E-state index contributed by atoms with van der Waals surface area (Å²) in [6, 6.07) is 16.1. The highest BCUT2D eigenvalue weighted by molar-refractivity contribution is 7.52. The van der Waals surface area contributed by atoms with Gasteiger partial charge in [0.05, 0.1) is 19.0 Å². The average molecular weight is 629 g/mol. The summed E-state index contributed by atoms with van der Waals surface area (Å²) in [6.07, 6.45) is -3.69. The summed E-state index contributed by atoms with van der Waals surface area (Å²) in [5.74, 6) is -1.37. The van der Waals surface area contributed by atoms with Crippen molar-refractivity contribution in [3.63, 3.8) is 0 Å². The number of nitrogens with one attached hydrogen (secondary N) is 2. The zero-order valence-corrected chi connectivity index (χ0v) is 24.7. The minimum atomic E-state index is -4.32. The topological polar surface area (TPSA) is 213 Å². The van der Waals surface area contributed by atoms with Gasteiger partial charge in [-0.15, -0.1) is 0 Å². The fourth-order valence-corrected chi connectivity index (χ4v) is 6.20. The van der Waals surface area contributed by atoms with Crippen molar-refractivity contribution in [2.75, 3.05) is 12.3 Å². The molecule has 234 valence electrons. The largest absolute Gasteiger partial charge is 0.460 e. The number of carbonyl (C=O) groups is 1. The van der Waals surface area contributed by atoms with Gasteiger partial charge in [-0.3, -0.25) is 23.7 Å². The zero-order valence-electron chi connectivity index (χ0n) is 23.8. The number of aromatic amines is 1. The number of nitrogen functional groups attached to an aromatic ring is 1. The molecule has 2 unspecified atom stereocenters. The second-order valence-electron chi connectivity index (χ2n) is 10.3. The predicted octanol–water partition coefficient (Wildman–Crippen LogP) is 1.88. The van der Waals surface area contributed by atoms with Gasteiger partial charge in [-0.1, -0.05) is 55.5 Å². The van der Waals surface area contributed by atoms with Crippen LogP contribution in [0.5, 0.6) is 5.75 Å². The van der Waals surface area contributed by atoms with E-state index in [-0.39, 0.29) is 29.5 Å². The SMILES string of the molecule is CC1[C@@H](O)[C@@H](O)[C@@H](COP(=O)(N[C@@H](C)C(=O)OCc2ccccc2)Oc2ccccc2)O[C@H]1n1cnc2c(=O)[nH]c(N)nc21. The number of para-hydroxylation sites is 1. The van der Waals surface area contributed by atoms with E-state index in [0.29, 0.717) is 0 Å². The molecule has 0 spiro atoms. The number of hydrogen-bond donors (Lipinski definition) is 5. The monoisotopic (exact) mass is 628 g/mol. The number of nitrogens with zero attached hydrogens (tertiary/aromatic N) is 3. The first-order valence-electron chi connectivity index (χ1n) is 13.8. The Bertz CT molecular complexity index is 1690. The number of hydrogen-bond acceptors (Lipinski definition) is 12. The molecule has 2 aromatic heterocycles. The van der Waals surface area contributed by atoms with Crippen LogP contribution in [-0.2, 0) is 30.0 Å². The maximum atomic E-state index is 14.0. The number of benzene rings is 2. The van der Waals surface area contributed by atoms with E-state index >= 15 is 0 Å². The fourth-order valence-electron chi connectivity index (χ4n) is 4.69. The molecule has 5 rings (SSSR count). The Kier molecular flexibility index (Phi) is 9.44. The number of H-pyrrole nitrogens is 1. The second kappa shape index (κ2) is 13.3. The third kappa shape index (κ3) is 6.99. The Labute approximate surface area is 251 Å². The quantitative estimate of drug-likeness (QED) is 0.119. The third-order valence-corrected chi connectivity index (χ3v) is 8.71. The molecule has 2 aromatic carbocycles. The number of nitrogens with two attached hydrogens (primary N) is 1. The van der Waals surface area contributed by atoms with Gasteiger partial charge in [0.1, 0.15) is 36.8 Å². The zero-order chi connectivity index (χ0) is 31.4. The first kappa shape index (κ1) is 31.3. The Morgan fingerprint density at radius 1 is 1.16 bits per heavy atom. The van der Waals surface area contributed by atoms with Crippen molar-refractivity contribution in [3.05, 3.63) is 82.9 Å². The fraction of sp³-hybridized carbons (Fsp3) is 0.357. The van der Waals surface area contributed by atoms with Gasteiger partial charge in [-0.2, -0.15) is 10.1 Å². The van der Waals surface area contributed by atoms with E-state index in [0.717, 1.165) is 5.56 Å². The lowest BCUT2D eigenvalue weighted by atomic mass is 9.91. The van der Waals surface area contributed by atoms with Gasteiger partial charge in [0.25, 0.3) is 5.56 Å². The van der Waals surface area contributed by atoms with Crippen molar-refractivity contribution in [2.24, 2.45) is 5.92 Å². The van der Waals surface area contributed by atoms with Gasteiger partial charge in [-0.05, 0) is 24.6 Å². The van der Waals surface area contributed by atoms with Gasteiger partial charge in [-0.25, -0.2) is 9.55 Å². The third-order valence-electron chi connectivity index (χ3n) is 7.07. The molecule has 3 heterocycles. The van der Waals surface area contributed by atoms with Crippen molar-refractivity contribution in [2.45, 2.75) is 51.0 Å². The summed E-state index contributed by atoms with van der Waals surface area (Å²) in [7, 11) is -4.32. The van der Waals surface area contributed by atoms with E-state index < -0.39 is 62.4 Å². The Morgan fingerprint density at radius 2 is 1.84 bits per heavy atom. The molecule has 16 heteroatoms. The molecular formula is C28H33N6O9P. The van der Waals surface area contributed by atoms with Crippen LogP contribution in [0.1, 0.15) is 25.6 Å². The minimum Gasteiger partial charge on any atom is -0.460 e. The maximum absolute atomic E-state index is 14.0. The molecule has 15 nitrogen and oxygen atoms in total. The van der Waals surface area contributed by atoms with E-state index in [1.807, 2.05) is 18.2 Å². The summed E-state index contributed by atoms with van der Waals surface area (Å²) in [6.45, 7) is 2.54. The van der Waals surface area contributed by atoms with Crippen LogP contribution in [0.4, 0.5) is 5.95 Å². The number of esters is 1. The maximum Gasteiger partial charge on any atom is 0.459 e.